The van der Waals surface area contributed by atoms with E-state index in [2.05, 4.69) is 20.2 Å². The van der Waals surface area contributed by atoms with Gasteiger partial charge in [0, 0.05) is 25.4 Å². The minimum Gasteiger partial charge on any atom is -0.301 e. The van der Waals surface area contributed by atoms with E-state index in [0.29, 0.717) is 23.4 Å². The summed E-state index contributed by atoms with van der Waals surface area (Å²) in [4.78, 5) is 19.2. The summed E-state index contributed by atoms with van der Waals surface area (Å²) in [5.41, 5.74) is 0.317. The van der Waals surface area contributed by atoms with Gasteiger partial charge in [-0.25, -0.2) is 9.37 Å². The molecule has 2 aromatic heterocycles. The second-order valence-corrected chi connectivity index (χ2v) is 6.81. The Morgan fingerprint density at radius 2 is 2.04 bits per heavy atom. The van der Waals surface area contributed by atoms with E-state index in [-0.39, 0.29) is 11.4 Å². The molecule has 0 N–H and O–H groups in total. The van der Waals surface area contributed by atoms with Crippen LogP contribution in [-0.4, -0.2) is 49.1 Å². The van der Waals surface area contributed by atoms with Gasteiger partial charge >= 0.3 is 0 Å². The Balaban J connectivity index is 1.35. The van der Waals surface area contributed by atoms with E-state index < -0.39 is 0 Å². The third kappa shape index (κ3) is 3.65. The molecule has 0 atom stereocenters. The zero-order valence-electron chi connectivity index (χ0n) is 14.5. The number of hydrogen-bond acceptors (Lipinski definition) is 5. The number of likely N-dealkylation sites (tertiary alicyclic amines) is 1. The normalized spacial score (nSPS) is 16.3. The second kappa shape index (κ2) is 7.33. The molecule has 0 saturated carbocycles. The maximum Gasteiger partial charge on any atom is 0.261 e. The fourth-order valence-corrected chi connectivity index (χ4v) is 3.53. The first-order chi connectivity index (χ1) is 12.7. The van der Waals surface area contributed by atoms with E-state index in [0.717, 1.165) is 39.0 Å². The van der Waals surface area contributed by atoms with E-state index in [1.54, 1.807) is 17.1 Å². The molecule has 7 nitrogen and oxygen atoms in total. The Hall–Kier alpha value is -2.61. The van der Waals surface area contributed by atoms with Crippen molar-refractivity contribution in [3.8, 4) is 0 Å². The molecule has 0 bridgehead atoms. The predicted molar refractivity (Wildman–Crippen MR) is 95.1 cm³/mol. The van der Waals surface area contributed by atoms with Crippen LogP contribution < -0.4 is 5.56 Å². The lowest BCUT2D eigenvalue weighted by Gasteiger charge is -2.32. The Kier molecular flexibility index (Phi) is 4.75. The van der Waals surface area contributed by atoms with Crippen molar-refractivity contribution < 1.29 is 4.39 Å². The zero-order chi connectivity index (χ0) is 17.9. The van der Waals surface area contributed by atoms with Gasteiger partial charge in [-0.05, 0) is 44.0 Å². The van der Waals surface area contributed by atoms with Crippen LogP contribution >= 0.6 is 0 Å². The fourth-order valence-electron chi connectivity index (χ4n) is 3.53. The van der Waals surface area contributed by atoms with Crippen LogP contribution in [0.25, 0.3) is 10.9 Å². The minimum atomic E-state index is -0.375. The molecule has 0 radical (unpaired) electrons. The van der Waals surface area contributed by atoms with Crippen molar-refractivity contribution >= 4 is 10.9 Å². The number of benzene rings is 1. The van der Waals surface area contributed by atoms with E-state index in [9.17, 15) is 9.18 Å². The summed E-state index contributed by atoms with van der Waals surface area (Å²) in [6.07, 6.45) is 7.20. The SMILES string of the molecule is O=c1c2ccc(F)cc2ncn1CC1CCN(CCn2ccnn2)CC1. The standard InChI is InChI=1S/C18H21FN6O/c19-15-1-2-16-17(11-15)20-13-24(18(16)26)12-14-3-6-23(7-4-14)9-10-25-8-5-21-22-25/h1-2,5,8,11,13-14H,3-4,6-7,9-10,12H2. The number of piperidine rings is 1. The average molecular weight is 356 g/mol. The number of rotatable bonds is 5. The Labute approximate surface area is 150 Å². The quantitative estimate of drug-likeness (QED) is 0.694. The first-order valence-electron chi connectivity index (χ1n) is 8.90. The number of nitrogens with zero attached hydrogens (tertiary/aromatic N) is 6. The Bertz CT molecular complexity index is 931. The van der Waals surface area contributed by atoms with E-state index in [1.807, 2.05) is 10.9 Å². The maximum absolute atomic E-state index is 13.3. The molecule has 0 aliphatic carbocycles. The molecule has 0 spiro atoms. The minimum absolute atomic E-state index is 0.0939. The molecule has 1 aliphatic rings. The molecule has 1 aromatic carbocycles. The molecular weight excluding hydrogens is 335 g/mol. The Morgan fingerprint density at radius 3 is 2.81 bits per heavy atom. The Morgan fingerprint density at radius 1 is 1.19 bits per heavy atom. The lowest BCUT2D eigenvalue weighted by Crippen LogP contribution is -2.38. The highest BCUT2D eigenvalue weighted by atomic mass is 19.1. The third-order valence-corrected chi connectivity index (χ3v) is 5.07. The van der Waals surface area contributed by atoms with Crippen LogP contribution in [0.1, 0.15) is 12.8 Å². The maximum atomic E-state index is 13.3. The fraction of sp³-hybridized carbons (Fsp3) is 0.444. The summed E-state index contributed by atoms with van der Waals surface area (Å²) >= 11 is 0. The summed E-state index contributed by atoms with van der Waals surface area (Å²) in [5, 5.41) is 8.27. The number of hydrogen-bond donors (Lipinski definition) is 0. The van der Waals surface area contributed by atoms with Gasteiger partial charge in [-0.1, -0.05) is 5.21 Å². The van der Waals surface area contributed by atoms with Crippen LogP contribution in [0.3, 0.4) is 0 Å². The van der Waals surface area contributed by atoms with Crippen LogP contribution in [0.15, 0.2) is 41.7 Å². The highest BCUT2D eigenvalue weighted by molar-refractivity contribution is 5.77. The summed E-state index contributed by atoms with van der Waals surface area (Å²) in [7, 11) is 0. The third-order valence-electron chi connectivity index (χ3n) is 5.07. The highest BCUT2D eigenvalue weighted by Gasteiger charge is 2.20. The highest BCUT2D eigenvalue weighted by Crippen LogP contribution is 2.19. The van der Waals surface area contributed by atoms with E-state index in [1.165, 1.54) is 18.2 Å². The first kappa shape index (κ1) is 16.8. The van der Waals surface area contributed by atoms with Crippen molar-refractivity contribution in [1.82, 2.24) is 29.4 Å². The summed E-state index contributed by atoms with van der Waals surface area (Å²) in [5.74, 6) is 0.0791. The molecule has 0 amide bonds. The lowest BCUT2D eigenvalue weighted by molar-refractivity contribution is 0.166. The molecule has 4 rings (SSSR count). The van der Waals surface area contributed by atoms with Gasteiger partial charge in [0.1, 0.15) is 5.82 Å². The average Bonchev–Trinajstić information content (AvgIpc) is 3.17. The van der Waals surface area contributed by atoms with Crippen molar-refractivity contribution in [1.29, 1.82) is 0 Å². The summed E-state index contributed by atoms with van der Waals surface area (Å²) in [6, 6.07) is 4.13. The molecular formula is C18H21FN6O. The summed E-state index contributed by atoms with van der Waals surface area (Å²) < 4.78 is 16.8. The lowest BCUT2D eigenvalue weighted by atomic mass is 9.96. The van der Waals surface area contributed by atoms with Gasteiger partial charge in [0.2, 0.25) is 0 Å². The van der Waals surface area contributed by atoms with Gasteiger partial charge < -0.3 is 4.90 Å². The van der Waals surface area contributed by atoms with Crippen LogP contribution in [0, 0.1) is 11.7 Å². The predicted octanol–water partition coefficient (Wildman–Crippen LogP) is 1.54. The second-order valence-electron chi connectivity index (χ2n) is 6.81. The van der Waals surface area contributed by atoms with Gasteiger partial charge in [0.05, 0.1) is 30.0 Å². The number of aromatic nitrogens is 5. The topological polar surface area (TPSA) is 68.8 Å². The van der Waals surface area contributed by atoms with Gasteiger partial charge in [-0.2, -0.15) is 0 Å². The van der Waals surface area contributed by atoms with Crippen LogP contribution in [0.5, 0.6) is 0 Å². The molecule has 3 aromatic rings. The van der Waals surface area contributed by atoms with Crippen molar-refractivity contribution in [2.75, 3.05) is 19.6 Å². The molecule has 3 heterocycles. The monoisotopic (exact) mass is 356 g/mol. The molecule has 8 heteroatoms. The number of halogens is 1. The molecule has 1 fully saturated rings. The van der Waals surface area contributed by atoms with Crippen LogP contribution in [-0.2, 0) is 13.1 Å². The van der Waals surface area contributed by atoms with Gasteiger partial charge in [0.15, 0.2) is 0 Å². The largest absolute Gasteiger partial charge is 0.301 e. The molecule has 26 heavy (non-hydrogen) atoms. The molecule has 0 unspecified atom stereocenters. The van der Waals surface area contributed by atoms with Crippen molar-refractivity contribution in [2.45, 2.75) is 25.9 Å². The molecule has 136 valence electrons. The van der Waals surface area contributed by atoms with E-state index >= 15 is 0 Å². The zero-order valence-corrected chi connectivity index (χ0v) is 14.5. The molecule has 1 saturated heterocycles. The van der Waals surface area contributed by atoms with Crippen LogP contribution in [0.2, 0.25) is 0 Å². The number of fused-ring (bicyclic) bond motifs is 1. The van der Waals surface area contributed by atoms with Gasteiger partial charge in [0.25, 0.3) is 5.56 Å². The van der Waals surface area contributed by atoms with Crippen molar-refractivity contribution in [3.05, 3.63) is 53.1 Å². The van der Waals surface area contributed by atoms with Crippen LogP contribution in [0.4, 0.5) is 4.39 Å². The smallest absolute Gasteiger partial charge is 0.261 e. The summed E-state index contributed by atoms with van der Waals surface area (Å²) in [6.45, 7) is 4.49. The van der Waals surface area contributed by atoms with E-state index in [4.69, 9.17) is 0 Å². The van der Waals surface area contributed by atoms with Crippen molar-refractivity contribution in [3.63, 3.8) is 0 Å². The first-order valence-corrected chi connectivity index (χ1v) is 8.90. The molecule has 1 aliphatic heterocycles. The van der Waals surface area contributed by atoms with Crippen molar-refractivity contribution in [2.24, 2.45) is 5.92 Å². The van der Waals surface area contributed by atoms with Gasteiger partial charge in [-0.15, -0.1) is 5.10 Å². The van der Waals surface area contributed by atoms with Gasteiger partial charge in [-0.3, -0.25) is 14.0 Å².